The van der Waals surface area contributed by atoms with Crippen molar-refractivity contribution in [2.24, 2.45) is 0 Å². The van der Waals surface area contributed by atoms with Crippen LogP contribution in [0.25, 0.3) is 137 Å². The third kappa shape index (κ3) is 5.34. The smallest absolute Gasteiger partial charge is 0.164 e. The Bertz CT molecular complexity index is 4080. The zero-order valence-electron chi connectivity index (χ0n) is 34.3. The second-order valence-corrected chi connectivity index (χ2v) is 16.8. The summed E-state index contributed by atoms with van der Waals surface area (Å²) in [6.45, 7) is 0. The van der Waals surface area contributed by atoms with Gasteiger partial charge in [-0.3, -0.25) is 0 Å². The third-order valence-corrected chi connectivity index (χ3v) is 13.1. The molecule has 0 unspecified atom stereocenters. The number of furan rings is 1. The van der Waals surface area contributed by atoms with Crippen LogP contribution in [-0.4, -0.2) is 19.5 Å². The van der Waals surface area contributed by atoms with E-state index in [0.717, 1.165) is 65.9 Å². The molecule has 11 aromatic carbocycles. The molecule has 5 nitrogen and oxygen atoms in total. The maximum atomic E-state index is 6.94. The van der Waals surface area contributed by atoms with Crippen LogP contribution in [-0.2, 0) is 0 Å². The molecule has 64 heavy (non-hydrogen) atoms. The molecule has 3 heterocycles. The number of hydrogen-bond acceptors (Lipinski definition) is 4. The molecule has 0 aliphatic carbocycles. The van der Waals surface area contributed by atoms with Gasteiger partial charge in [-0.1, -0.05) is 152 Å². The van der Waals surface area contributed by atoms with Gasteiger partial charge in [0.2, 0.25) is 0 Å². The number of nitrogens with zero attached hydrogens (tertiary/aromatic N) is 4. The van der Waals surface area contributed by atoms with Crippen molar-refractivity contribution in [1.82, 2.24) is 19.5 Å². The van der Waals surface area contributed by atoms with E-state index in [1.165, 1.54) is 54.1 Å². The first kappa shape index (κ1) is 35.0. The van der Waals surface area contributed by atoms with E-state index in [9.17, 15) is 0 Å². The summed E-state index contributed by atoms with van der Waals surface area (Å²) in [6, 6.07) is 73.5. The topological polar surface area (TPSA) is 56.7 Å². The lowest BCUT2D eigenvalue weighted by atomic mass is 10.0. The summed E-state index contributed by atoms with van der Waals surface area (Å²) in [4.78, 5) is 15.4. The number of aromatic nitrogens is 4. The average molecular weight is 815 g/mol. The molecule has 0 amide bonds. The Kier molecular flexibility index (Phi) is 7.33. The highest BCUT2D eigenvalue weighted by atomic mass is 16.3. The van der Waals surface area contributed by atoms with Crippen molar-refractivity contribution in [3.8, 4) is 39.9 Å². The molecule has 0 bridgehead atoms. The summed E-state index contributed by atoms with van der Waals surface area (Å²) in [6.07, 6.45) is 0. The molecule has 0 saturated carbocycles. The molecular weight excluding hydrogens is 781 g/mol. The van der Waals surface area contributed by atoms with E-state index in [-0.39, 0.29) is 0 Å². The molecule has 3 aromatic heterocycles. The quantitative estimate of drug-likeness (QED) is 0.178. The van der Waals surface area contributed by atoms with Crippen LogP contribution in [0.3, 0.4) is 0 Å². The zero-order chi connectivity index (χ0) is 41.9. The Morgan fingerprint density at radius 2 is 0.719 bits per heavy atom. The molecule has 0 radical (unpaired) electrons. The normalized spacial score (nSPS) is 12.1. The molecule has 0 aliphatic rings. The van der Waals surface area contributed by atoms with Gasteiger partial charge in [-0.2, -0.15) is 0 Å². The molecule has 14 rings (SSSR count). The summed E-state index contributed by atoms with van der Waals surface area (Å²) in [5, 5.41) is 16.2. The average Bonchev–Trinajstić information content (AvgIpc) is 3.88. The molecular formula is C59H34N4O. The Morgan fingerprint density at radius 1 is 0.297 bits per heavy atom. The predicted octanol–water partition coefficient (Wildman–Crippen LogP) is 15.6. The Labute approximate surface area is 366 Å². The van der Waals surface area contributed by atoms with Crippen LogP contribution < -0.4 is 0 Å². The number of benzene rings is 11. The van der Waals surface area contributed by atoms with Gasteiger partial charge >= 0.3 is 0 Å². The number of hydrogen-bond donors (Lipinski definition) is 0. The molecule has 0 fully saturated rings. The highest BCUT2D eigenvalue weighted by Gasteiger charge is 2.21. The van der Waals surface area contributed by atoms with Crippen LogP contribution in [0.15, 0.2) is 211 Å². The van der Waals surface area contributed by atoms with Gasteiger partial charge in [-0.05, 0) is 97.7 Å². The molecule has 0 spiro atoms. The van der Waals surface area contributed by atoms with Crippen molar-refractivity contribution in [1.29, 1.82) is 0 Å². The van der Waals surface area contributed by atoms with E-state index in [2.05, 4.69) is 211 Å². The minimum Gasteiger partial charge on any atom is -0.455 e. The Balaban J connectivity index is 0.991. The maximum Gasteiger partial charge on any atom is 0.164 e. The summed E-state index contributed by atoms with van der Waals surface area (Å²) >= 11 is 0. The third-order valence-electron chi connectivity index (χ3n) is 13.1. The minimum absolute atomic E-state index is 0.582. The van der Waals surface area contributed by atoms with Crippen LogP contribution in [0.4, 0.5) is 0 Å². The molecule has 0 saturated heterocycles. The van der Waals surface area contributed by atoms with E-state index >= 15 is 0 Å². The van der Waals surface area contributed by atoms with Gasteiger partial charge in [-0.25, -0.2) is 15.0 Å². The summed E-state index contributed by atoms with van der Waals surface area (Å²) < 4.78 is 9.40. The minimum atomic E-state index is 0.582. The van der Waals surface area contributed by atoms with E-state index in [1.807, 2.05) is 0 Å². The van der Waals surface area contributed by atoms with Gasteiger partial charge < -0.3 is 8.98 Å². The molecule has 0 atom stereocenters. The largest absolute Gasteiger partial charge is 0.455 e. The summed E-state index contributed by atoms with van der Waals surface area (Å²) in [5.74, 6) is 1.82. The Hall–Kier alpha value is -8.67. The van der Waals surface area contributed by atoms with Crippen LogP contribution in [0.5, 0.6) is 0 Å². The van der Waals surface area contributed by atoms with E-state index in [1.54, 1.807) is 0 Å². The standard InChI is InChI=1S/C59H34N4O/c1-3-13-37-27-43(23-21-35(37)11-1)57-60-58(44-24-22-36-12-2-4-14-38(36)28-44)62-59(61-57)45-25-26-47-51-34-54(46-19-9-10-20-48(46)56(51)64-55(47)33-45)63-52-31-41-17-7-5-15-39(41)29-49(52)50-30-40-16-6-8-18-42(40)32-53(50)63/h1-34H. The molecule has 5 heteroatoms. The molecule has 0 aliphatic heterocycles. The van der Waals surface area contributed by atoms with Crippen LogP contribution in [0, 0.1) is 0 Å². The first-order valence-electron chi connectivity index (χ1n) is 21.7. The molecule has 296 valence electrons. The number of fused-ring (bicyclic) bond motifs is 12. The number of rotatable bonds is 4. The van der Waals surface area contributed by atoms with Crippen molar-refractivity contribution in [3.63, 3.8) is 0 Å². The van der Waals surface area contributed by atoms with Crippen molar-refractivity contribution < 1.29 is 4.42 Å². The monoisotopic (exact) mass is 814 g/mol. The van der Waals surface area contributed by atoms with Crippen molar-refractivity contribution in [3.05, 3.63) is 206 Å². The van der Waals surface area contributed by atoms with Crippen LogP contribution in [0.2, 0.25) is 0 Å². The fraction of sp³-hybridized carbons (Fsp3) is 0. The summed E-state index contributed by atoms with van der Waals surface area (Å²) in [7, 11) is 0. The predicted molar refractivity (Wildman–Crippen MR) is 265 cm³/mol. The maximum absolute atomic E-state index is 6.94. The van der Waals surface area contributed by atoms with Crippen LogP contribution in [0.1, 0.15) is 0 Å². The first-order valence-corrected chi connectivity index (χ1v) is 21.7. The summed E-state index contributed by atoms with van der Waals surface area (Å²) in [5.41, 5.74) is 7.78. The van der Waals surface area contributed by atoms with Crippen molar-refractivity contribution in [2.75, 3.05) is 0 Å². The first-order chi connectivity index (χ1) is 31.7. The highest BCUT2D eigenvalue weighted by Crippen LogP contribution is 2.43. The molecule has 0 N–H and O–H groups in total. The second-order valence-electron chi connectivity index (χ2n) is 16.8. The lowest BCUT2D eigenvalue weighted by Crippen LogP contribution is -2.00. The van der Waals surface area contributed by atoms with Crippen molar-refractivity contribution in [2.45, 2.75) is 0 Å². The van der Waals surface area contributed by atoms with Gasteiger partial charge in [0.25, 0.3) is 0 Å². The lowest BCUT2D eigenvalue weighted by molar-refractivity contribution is 0.672. The SMILES string of the molecule is c1ccc2cc(-c3nc(-c4ccc5ccccc5c4)nc(-c4ccc5c(c4)oc4c6ccccc6c(-n6c7cc8ccccc8cc7c7cc8ccccc8cc76)cc54)n3)ccc2c1. The van der Waals surface area contributed by atoms with Gasteiger partial charge in [0.15, 0.2) is 17.5 Å². The van der Waals surface area contributed by atoms with Crippen molar-refractivity contribution >= 4 is 97.6 Å². The fourth-order valence-corrected chi connectivity index (χ4v) is 9.97. The zero-order valence-corrected chi connectivity index (χ0v) is 34.3. The van der Waals surface area contributed by atoms with Gasteiger partial charge in [0.1, 0.15) is 11.2 Å². The highest BCUT2D eigenvalue weighted by molar-refractivity contribution is 6.21. The van der Waals surface area contributed by atoms with Gasteiger partial charge in [0.05, 0.1) is 16.7 Å². The Morgan fingerprint density at radius 3 is 1.25 bits per heavy atom. The van der Waals surface area contributed by atoms with Gasteiger partial charge in [0, 0.05) is 49.0 Å². The van der Waals surface area contributed by atoms with Crippen LogP contribution >= 0.6 is 0 Å². The fourth-order valence-electron chi connectivity index (χ4n) is 9.97. The van der Waals surface area contributed by atoms with Gasteiger partial charge in [-0.15, -0.1) is 0 Å². The van der Waals surface area contributed by atoms with E-state index < -0.39 is 0 Å². The van der Waals surface area contributed by atoms with E-state index in [0.29, 0.717) is 17.5 Å². The van der Waals surface area contributed by atoms with E-state index in [4.69, 9.17) is 19.4 Å². The lowest BCUT2D eigenvalue weighted by Gasteiger charge is -2.13. The second kappa shape index (κ2) is 13.4. The molecule has 14 aromatic rings.